The zero-order valence-electron chi connectivity index (χ0n) is 10.2. The smallest absolute Gasteiger partial charge is 0.372 e. The van der Waals surface area contributed by atoms with Crippen molar-refractivity contribution in [2.24, 2.45) is 0 Å². The monoisotopic (exact) mass is 282 g/mol. The molecule has 0 radical (unpaired) electrons. The molecule has 102 valence electrons. The molecule has 3 rings (SSSR count). The van der Waals surface area contributed by atoms with Gasteiger partial charge in [0, 0.05) is 18.5 Å². The van der Waals surface area contributed by atoms with E-state index in [-0.39, 0.29) is 11.9 Å². The number of nitro groups is 1. The molecule has 2 aromatic rings. The lowest BCUT2D eigenvalue weighted by Crippen LogP contribution is -2.13. The van der Waals surface area contributed by atoms with Gasteiger partial charge in [0.15, 0.2) is 0 Å². The molecule has 1 fully saturated rings. The first-order valence-electron chi connectivity index (χ1n) is 6.21. The van der Waals surface area contributed by atoms with Crippen molar-refractivity contribution in [2.45, 2.75) is 25.4 Å². The lowest BCUT2D eigenvalue weighted by molar-refractivity contribution is -0.389. The summed E-state index contributed by atoms with van der Waals surface area (Å²) in [5, 5.41) is 15.9. The van der Waals surface area contributed by atoms with Crippen molar-refractivity contribution in [3.05, 3.63) is 21.7 Å². The number of imidazole rings is 1. The van der Waals surface area contributed by atoms with Gasteiger partial charge in [-0.25, -0.2) is 0 Å². The quantitative estimate of drug-likeness (QED) is 0.672. The first kappa shape index (κ1) is 12.4. The number of nitrogens with zero attached hydrogens (tertiary/aromatic N) is 3. The molecule has 0 bridgehead atoms. The van der Waals surface area contributed by atoms with Gasteiger partial charge < -0.3 is 20.2 Å². The number of ether oxygens (including phenoxy) is 1. The fourth-order valence-electron chi connectivity index (χ4n) is 2.29. The summed E-state index contributed by atoms with van der Waals surface area (Å²) in [7, 11) is 0. The van der Waals surface area contributed by atoms with Crippen LogP contribution in [0.15, 0.2) is 11.6 Å². The van der Waals surface area contributed by atoms with Crippen molar-refractivity contribution in [1.29, 1.82) is 0 Å². The molecule has 0 amide bonds. The minimum atomic E-state index is -0.402. The molecule has 19 heavy (non-hydrogen) atoms. The second kappa shape index (κ2) is 5.14. The topological polar surface area (TPSA) is 81.7 Å². The third-order valence-electron chi connectivity index (χ3n) is 3.19. The van der Waals surface area contributed by atoms with Crippen LogP contribution in [-0.2, 0) is 4.74 Å². The van der Waals surface area contributed by atoms with Crippen LogP contribution < -0.4 is 5.32 Å². The predicted molar refractivity (Wildman–Crippen MR) is 71.8 cm³/mol. The van der Waals surface area contributed by atoms with Gasteiger partial charge in [-0.2, -0.15) is 9.38 Å². The highest BCUT2D eigenvalue weighted by Gasteiger charge is 2.23. The van der Waals surface area contributed by atoms with Crippen molar-refractivity contribution in [1.82, 2.24) is 9.38 Å². The van der Waals surface area contributed by atoms with Crippen LogP contribution in [0, 0.1) is 10.1 Å². The molecule has 0 spiro atoms. The van der Waals surface area contributed by atoms with E-state index in [1.54, 1.807) is 11.6 Å². The van der Waals surface area contributed by atoms with E-state index in [1.165, 1.54) is 15.7 Å². The summed E-state index contributed by atoms with van der Waals surface area (Å²) < 4.78 is 7.01. The zero-order valence-corrected chi connectivity index (χ0v) is 11.1. The number of rotatable bonds is 5. The Morgan fingerprint density at radius 1 is 1.68 bits per heavy atom. The average Bonchev–Trinajstić information content (AvgIpc) is 3.02. The maximum Gasteiger partial charge on any atom is 0.372 e. The second-order valence-corrected chi connectivity index (χ2v) is 5.32. The lowest BCUT2D eigenvalue weighted by Gasteiger charge is -2.09. The van der Waals surface area contributed by atoms with E-state index in [9.17, 15) is 10.1 Å². The largest absolute Gasteiger partial charge is 0.378 e. The Kier molecular flexibility index (Phi) is 3.34. The molecule has 1 saturated heterocycles. The van der Waals surface area contributed by atoms with Crippen molar-refractivity contribution in [3.63, 3.8) is 0 Å². The number of hydrogen-bond acceptors (Lipinski definition) is 6. The van der Waals surface area contributed by atoms with Gasteiger partial charge >= 0.3 is 5.82 Å². The SMILES string of the molecule is O=[N+]([O-])c1c(NCCC2CCCO2)nc2sccn12. The van der Waals surface area contributed by atoms with Crippen LogP contribution in [0.2, 0.25) is 0 Å². The predicted octanol–water partition coefficient (Wildman–Crippen LogP) is 2.29. The molecule has 1 N–H and O–H groups in total. The molecule has 0 saturated carbocycles. The van der Waals surface area contributed by atoms with Gasteiger partial charge in [-0.15, -0.1) is 0 Å². The van der Waals surface area contributed by atoms with Gasteiger partial charge in [-0.05, 0) is 24.2 Å². The molecule has 1 atom stereocenters. The molecule has 8 heteroatoms. The third-order valence-corrected chi connectivity index (χ3v) is 3.95. The number of hydrogen-bond donors (Lipinski definition) is 1. The van der Waals surface area contributed by atoms with E-state index in [0.717, 1.165) is 25.9 Å². The van der Waals surface area contributed by atoms with Crippen LogP contribution in [0.4, 0.5) is 11.6 Å². The van der Waals surface area contributed by atoms with Gasteiger partial charge in [0.2, 0.25) is 5.82 Å². The third kappa shape index (κ3) is 2.41. The van der Waals surface area contributed by atoms with E-state index in [4.69, 9.17) is 4.74 Å². The van der Waals surface area contributed by atoms with E-state index in [0.29, 0.717) is 17.3 Å². The van der Waals surface area contributed by atoms with Crippen LogP contribution >= 0.6 is 11.3 Å². The summed E-state index contributed by atoms with van der Waals surface area (Å²) in [4.78, 5) is 15.6. The summed E-state index contributed by atoms with van der Waals surface area (Å²) in [5.41, 5.74) is 0. The van der Waals surface area contributed by atoms with Gasteiger partial charge in [0.25, 0.3) is 4.96 Å². The second-order valence-electron chi connectivity index (χ2n) is 4.45. The van der Waals surface area contributed by atoms with Gasteiger partial charge in [-0.3, -0.25) is 0 Å². The Labute approximate surface area is 113 Å². The first-order chi connectivity index (χ1) is 9.25. The summed E-state index contributed by atoms with van der Waals surface area (Å²) in [5.74, 6) is 0.346. The molecule has 1 unspecified atom stereocenters. The Bertz CT molecular complexity index is 588. The van der Waals surface area contributed by atoms with Crippen molar-refractivity contribution in [2.75, 3.05) is 18.5 Å². The van der Waals surface area contributed by atoms with E-state index >= 15 is 0 Å². The highest BCUT2D eigenvalue weighted by Crippen LogP contribution is 2.28. The first-order valence-corrected chi connectivity index (χ1v) is 7.09. The molecule has 0 aliphatic carbocycles. The number of fused-ring (bicyclic) bond motifs is 1. The highest BCUT2D eigenvalue weighted by atomic mass is 32.1. The molecule has 3 heterocycles. The average molecular weight is 282 g/mol. The summed E-state index contributed by atoms with van der Waals surface area (Å²) in [6.45, 7) is 1.46. The fraction of sp³-hybridized carbons (Fsp3) is 0.545. The number of aromatic nitrogens is 2. The Hall–Kier alpha value is -1.67. The maximum atomic E-state index is 11.1. The van der Waals surface area contributed by atoms with Crippen molar-refractivity contribution < 1.29 is 9.66 Å². The molecule has 7 nitrogen and oxygen atoms in total. The van der Waals surface area contributed by atoms with Gasteiger partial charge in [0.1, 0.15) is 6.20 Å². The standard InChI is InChI=1S/C11H14N4O3S/c16-15(17)10-9(13-11-14(10)5-7-19-11)12-4-3-8-2-1-6-18-8/h5,7-8,12H,1-4,6H2. The molecule has 1 aliphatic rings. The van der Waals surface area contributed by atoms with Crippen molar-refractivity contribution >= 4 is 27.9 Å². The number of nitrogens with one attached hydrogen (secondary N) is 1. The van der Waals surface area contributed by atoms with Crippen LogP contribution in [-0.4, -0.2) is 33.6 Å². The van der Waals surface area contributed by atoms with Crippen LogP contribution in [0.5, 0.6) is 0 Å². The highest BCUT2D eigenvalue weighted by molar-refractivity contribution is 7.15. The summed E-state index contributed by atoms with van der Waals surface area (Å²) in [6, 6.07) is 0. The normalized spacial score (nSPS) is 19.1. The van der Waals surface area contributed by atoms with Crippen LogP contribution in [0.3, 0.4) is 0 Å². The molecule has 0 aromatic carbocycles. The number of thiazole rings is 1. The lowest BCUT2D eigenvalue weighted by atomic mass is 10.2. The van der Waals surface area contributed by atoms with Crippen LogP contribution in [0.1, 0.15) is 19.3 Å². The zero-order chi connectivity index (χ0) is 13.2. The molecular formula is C11H14N4O3S. The van der Waals surface area contributed by atoms with Crippen LogP contribution in [0.25, 0.3) is 4.96 Å². The van der Waals surface area contributed by atoms with Crippen molar-refractivity contribution in [3.8, 4) is 0 Å². The minimum Gasteiger partial charge on any atom is -0.378 e. The molecular weight excluding hydrogens is 268 g/mol. The van der Waals surface area contributed by atoms with Gasteiger partial charge in [0.05, 0.1) is 6.10 Å². The maximum absolute atomic E-state index is 11.1. The number of anilines is 1. The fourth-order valence-corrected chi connectivity index (χ4v) is 3.00. The Morgan fingerprint density at radius 2 is 2.58 bits per heavy atom. The minimum absolute atomic E-state index is 0.00332. The van der Waals surface area contributed by atoms with E-state index in [2.05, 4.69) is 10.3 Å². The van der Waals surface area contributed by atoms with E-state index in [1.807, 2.05) is 0 Å². The summed E-state index contributed by atoms with van der Waals surface area (Å²) >= 11 is 1.38. The van der Waals surface area contributed by atoms with E-state index < -0.39 is 4.92 Å². The molecule has 2 aromatic heterocycles. The summed E-state index contributed by atoms with van der Waals surface area (Å²) in [6.07, 6.45) is 4.96. The van der Waals surface area contributed by atoms with Gasteiger partial charge in [-0.1, -0.05) is 11.3 Å². The Balaban J connectivity index is 1.70. The Morgan fingerprint density at radius 3 is 3.32 bits per heavy atom. The molecule has 1 aliphatic heterocycles.